The summed E-state index contributed by atoms with van der Waals surface area (Å²) in [6.07, 6.45) is 4.56. The lowest BCUT2D eigenvalue weighted by molar-refractivity contribution is -0.126. The Hall–Kier alpha value is -2.80. The summed E-state index contributed by atoms with van der Waals surface area (Å²) in [5, 5.41) is 9.18. The summed E-state index contributed by atoms with van der Waals surface area (Å²) in [6, 6.07) is 15.4. The zero-order valence-electron chi connectivity index (χ0n) is 17.6. The number of benzene rings is 2. The Balaban J connectivity index is 1.82. The molecule has 7 heteroatoms. The number of carbonyl (C=O) groups excluding carboxylic acids is 1. The molecule has 2 aromatic rings. The highest BCUT2D eigenvalue weighted by Gasteiger charge is 2.37. The van der Waals surface area contributed by atoms with Crippen LogP contribution in [0.25, 0.3) is 0 Å². The summed E-state index contributed by atoms with van der Waals surface area (Å²) in [5.41, 5.74) is 1.85. The molecule has 1 heterocycles. The van der Waals surface area contributed by atoms with Crippen molar-refractivity contribution < 1.29 is 14.3 Å². The van der Waals surface area contributed by atoms with Gasteiger partial charge in [-0.25, -0.2) is 0 Å². The molecular formula is C23H27N3O3S. The zero-order valence-corrected chi connectivity index (χ0v) is 18.4. The number of amides is 1. The molecule has 2 aromatic carbocycles. The first kappa shape index (κ1) is 21.9. The Morgan fingerprint density at radius 3 is 2.63 bits per heavy atom. The van der Waals surface area contributed by atoms with E-state index in [0.717, 1.165) is 30.4 Å². The number of hydrogen-bond acceptors (Lipinski definition) is 6. The second-order valence-electron chi connectivity index (χ2n) is 6.89. The molecule has 0 spiro atoms. The lowest BCUT2D eigenvalue weighted by atomic mass is 10.1. The quantitative estimate of drug-likeness (QED) is 0.430. The van der Waals surface area contributed by atoms with Crippen LogP contribution in [0.1, 0.15) is 37.3 Å². The van der Waals surface area contributed by atoms with Crippen molar-refractivity contribution in [2.75, 3.05) is 14.2 Å². The van der Waals surface area contributed by atoms with Crippen LogP contribution in [0.15, 0.2) is 58.7 Å². The number of rotatable bonds is 9. The van der Waals surface area contributed by atoms with Gasteiger partial charge in [0.1, 0.15) is 11.5 Å². The number of amidine groups is 1. The van der Waals surface area contributed by atoms with E-state index in [2.05, 4.69) is 17.1 Å². The minimum Gasteiger partial charge on any atom is -0.497 e. The van der Waals surface area contributed by atoms with E-state index in [-0.39, 0.29) is 11.2 Å². The molecule has 0 radical (unpaired) electrons. The Kier molecular flexibility index (Phi) is 7.90. The van der Waals surface area contributed by atoms with Crippen LogP contribution in [0.3, 0.4) is 0 Å². The third kappa shape index (κ3) is 5.42. The van der Waals surface area contributed by atoms with Gasteiger partial charge in [-0.3, -0.25) is 9.69 Å². The number of methoxy groups -OCH3 is 2. The summed E-state index contributed by atoms with van der Waals surface area (Å²) in [7, 11) is 3.21. The molecule has 1 atom stereocenters. The summed E-state index contributed by atoms with van der Waals surface area (Å²) in [6.45, 7) is 2.63. The maximum absolute atomic E-state index is 13.0. The fourth-order valence-electron chi connectivity index (χ4n) is 3.14. The lowest BCUT2D eigenvalue weighted by Gasteiger charge is -2.15. The van der Waals surface area contributed by atoms with E-state index in [9.17, 15) is 4.79 Å². The standard InChI is InChI=1S/C23H27N3O3S/c1-4-5-11-21-22(27)26(16-17-9-7-6-8-10-17)23(30-21)25-24-15-18-12-13-19(28-2)14-20(18)29-3/h6-10,12-15,21H,4-5,11,16H2,1-3H3/b24-15+,25-23-. The topological polar surface area (TPSA) is 63.5 Å². The molecule has 6 nitrogen and oxygen atoms in total. The number of thioether (sulfide) groups is 1. The van der Waals surface area contributed by atoms with Crippen molar-refractivity contribution in [2.24, 2.45) is 10.2 Å². The van der Waals surface area contributed by atoms with Gasteiger partial charge >= 0.3 is 0 Å². The van der Waals surface area contributed by atoms with Gasteiger partial charge in [0.15, 0.2) is 5.17 Å². The van der Waals surface area contributed by atoms with Gasteiger partial charge < -0.3 is 9.47 Å². The summed E-state index contributed by atoms with van der Waals surface area (Å²) < 4.78 is 10.6. The molecule has 1 unspecified atom stereocenters. The van der Waals surface area contributed by atoms with Crippen molar-refractivity contribution in [2.45, 2.75) is 38.0 Å². The maximum Gasteiger partial charge on any atom is 0.242 e. The SMILES string of the molecule is CCCCC1S/C(=N\N=C\c2ccc(OC)cc2OC)N(Cc2ccccc2)C1=O. The zero-order chi connectivity index (χ0) is 21.3. The van der Waals surface area contributed by atoms with Crippen LogP contribution in [-0.2, 0) is 11.3 Å². The van der Waals surface area contributed by atoms with E-state index in [1.165, 1.54) is 11.8 Å². The predicted octanol–water partition coefficient (Wildman–Crippen LogP) is 4.73. The number of ether oxygens (including phenoxy) is 2. The number of hydrogen-bond donors (Lipinski definition) is 0. The van der Waals surface area contributed by atoms with Crippen molar-refractivity contribution in [1.82, 2.24) is 4.90 Å². The molecule has 1 aliphatic rings. The van der Waals surface area contributed by atoms with Crippen LogP contribution < -0.4 is 9.47 Å². The molecule has 0 bridgehead atoms. The van der Waals surface area contributed by atoms with Crippen LogP contribution >= 0.6 is 11.8 Å². The van der Waals surface area contributed by atoms with Gasteiger partial charge in [-0.15, -0.1) is 5.10 Å². The average molecular weight is 426 g/mol. The number of nitrogens with zero attached hydrogens (tertiary/aromatic N) is 3. The van der Waals surface area contributed by atoms with Crippen molar-refractivity contribution in [3.8, 4) is 11.5 Å². The van der Waals surface area contributed by atoms with Crippen LogP contribution in [0.5, 0.6) is 11.5 Å². The highest BCUT2D eigenvalue weighted by molar-refractivity contribution is 8.15. The van der Waals surface area contributed by atoms with Gasteiger partial charge in [-0.05, 0) is 24.1 Å². The van der Waals surface area contributed by atoms with Crippen molar-refractivity contribution >= 4 is 29.1 Å². The van der Waals surface area contributed by atoms with Crippen LogP contribution in [0, 0.1) is 0 Å². The molecule has 1 fully saturated rings. The number of unbranched alkanes of at least 4 members (excludes halogenated alkanes) is 1. The molecule has 0 aliphatic carbocycles. The fraction of sp³-hybridized carbons (Fsp3) is 0.348. The maximum atomic E-state index is 13.0. The molecule has 1 saturated heterocycles. The predicted molar refractivity (Wildman–Crippen MR) is 122 cm³/mol. The molecule has 30 heavy (non-hydrogen) atoms. The minimum absolute atomic E-state index is 0.0989. The summed E-state index contributed by atoms with van der Waals surface area (Å²) >= 11 is 1.50. The third-order valence-electron chi connectivity index (χ3n) is 4.80. The Labute approximate surface area is 182 Å². The average Bonchev–Trinajstić information content (AvgIpc) is 3.07. The second kappa shape index (κ2) is 10.8. The molecule has 1 amide bonds. The lowest BCUT2D eigenvalue weighted by Crippen LogP contribution is -2.31. The van der Waals surface area contributed by atoms with E-state index in [0.29, 0.717) is 23.2 Å². The Morgan fingerprint density at radius 1 is 1.13 bits per heavy atom. The van der Waals surface area contributed by atoms with Gasteiger partial charge in [0.2, 0.25) is 5.91 Å². The van der Waals surface area contributed by atoms with Gasteiger partial charge in [0, 0.05) is 11.6 Å². The van der Waals surface area contributed by atoms with Crippen LogP contribution in [-0.4, -0.2) is 41.7 Å². The van der Waals surface area contributed by atoms with Gasteiger partial charge in [0.25, 0.3) is 0 Å². The van der Waals surface area contributed by atoms with Gasteiger partial charge in [0.05, 0.1) is 32.2 Å². The molecule has 1 aliphatic heterocycles. The molecule has 0 aromatic heterocycles. The van der Waals surface area contributed by atoms with E-state index < -0.39 is 0 Å². The first-order chi connectivity index (χ1) is 14.7. The van der Waals surface area contributed by atoms with Crippen molar-refractivity contribution in [3.63, 3.8) is 0 Å². The summed E-state index contributed by atoms with van der Waals surface area (Å²) in [5.74, 6) is 1.46. The number of carbonyl (C=O) groups is 1. The van der Waals surface area contributed by atoms with E-state index >= 15 is 0 Å². The first-order valence-electron chi connectivity index (χ1n) is 10.0. The molecule has 158 valence electrons. The van der Waals surface area contributed by atoms with Crippen molar-refractivity contribution in [3.05, 3.63) is 59.7 Å². The third-order valence-corrected chi connectivity index (χ3v) is 6.04. The summed E-state index contributed by atoms with van der Waals surface area (Å²) in [4.78, 5) is 14.7. The van der Waals surface area contributed by atoms with Crippen LogP contribution in [0.4, 0.5) is 0 Å². The molecular weight excluding hydrogens is 398 g/mol. The van der Waals surface area contributed by atoms with Crippen molar-refractivity contribution in [1.29, 1.82) is 0 Å². The molecule has 3 rings (SSSR count). The first-order valence-corrected chi connectivity index (χ1v) is 10.9. The van der Waals surface area contributed by atoms with Gasteiger partial charge in [-0.1, -0.05) is 61.9 Å². The van der Waals surface area contributed by atoms with E-state index in [4.69, 9.17) is 9.47 Å². The normalized spacial score (nSPS) is 17.8. The molecule has 0 saturated carbocycles. The highest BCUT2D eigenvalue weighted by atomic mass is 32.2. The monoisotopic (exact) mass is 425 g/mol. The Bertz CT molecular complexity index is 915. The molecule has 0 N–H and O–H groups in total. The van der Waals surface area contributed by atoms with Gasteiger partial charge in [-0.2, -0.15) is 5.10 Å². The van der Waals surface area contributed by atoms with E-state index in [1.807, 2.05) is 42.5 Å². The largest absolute Gasteiger partial charge is 0.497 e. The smallest absolute Gasteiger partial charge is 0.242 e. The fourth-order valence-corrected chi connectivity index (χ4v) is 4.28. The van der Waals surface area contributed by atoms with Crippen LogP contribution in [0.2, 0.25) is 0 Å². The second-order valence-corrected chi connectivity index (χ2v) is 8.06. The highest BCUT2D eigenvalue weighted by Crippen LogP contribution is 2.32. The Morgan fingerprint density at radius 2 is 1.93 bits per heavy atom. The van der Waals surface area contributed by atoms with E-state index in [1.54, 1.807) is 31.4 Å². The minimum atomic E-state index is -0.0989.